The zero-order valence-electron chi connectivity index (χ0n) is 13.5. The van der Waals surface area contributed by atoms with E-state index >= 15 is 0 Å². The van der Waals surface area contributed by atoms with E-state index in [-0.39, 0.29) is 5.91 Å². The summed E-state index contributed by atoms with van der Waals surface area (Å²) in [6.07, 6.45) is 2.68. The molecule has 0 bridgehead atoms. The van der Waals surface area contributed by atoms with Crippen molar-refractivity contribution in [1.82, 2.24) is 14.8 Å². The molecule has 126 valence electrons. The first-order valence-corrected chi connectivity index (χ1v) is 8.47. The van der Waals surface area contributed by atoms with Crippen molar-refractivity contribution in [1.29, 1.82) is 0 Å². The Kier molecular flexibility index (Phi) is 5.33. The number of nitrogen functional groups attached to an aromatic ring is 1. The fourth-order valence-corrected chi connectivity index (χ4v) is 3.18. The molecule has 3 rings (SSSR count). The molecule has 0 spiro atoms. The Balaban J connectivity index is 1.61. The van der Waals surface area contributed by atoms with Crippen LogP contribution in [0.1, 0.15) is 22.3 Å². The standard InChI is InChI=1S/C18H21ClN4O/c19-16-4-1-3-15(12-16)18(24)23-8-2-7-22(9-10-23)13-14-5-6-21-17(20)11-14/h1,3-6,11-12H,2,7-10,13H2,(H2,20,21). The molecule has 1 aromatic carbocycles. The van der Waals surface area contributed by atoms with Crippen molar-refractivity contribution in [2.24, 2.45) is 0 Å². The van der Waals surface area contributed by atoms with Gasteiger partial charge in [0.15, 0.2) is 0 Å². The molecule has 5 nitrogen and oxygen atoms in total. The number of carbonyl (C=O) groups is 1. The lowest BCUT2D eigenvalue weighted by atomic mass is 10.2. The van der Waals surface area contributed by atoms with Gasteiger partial charge in [0, 0.05) is 49.5 Å². The van der Waals surface area contributed by atoms with Gasteiger partial charge in [-0.2, -0.15) is 0 Å². The third-order valence-electron chi connectivity index (χ3n) is 4.20. The molecular weight excluding hydrogens is 324 g/mol. The number of nitrogens with zero attached hydrogens (tertiary/aromatic N) is 3. The fourth-order valence-electron chi connectivity index (χ4n) is 2.99. The molecule has 1 aliphatic rings. The predicted octanol–water partition coefficient (Wildman–Crippen LogP) is 2.67. The number of rotatable bonds is 3. The number of pyridine rings is 1. The molecule has 2 aromatic rings. The second kappa shape index (κ2) is 7.64. The van der Waals surface area contributed by atoms with E-state index in [1.165, 1.54) is 0 Å². The van der Waals surface area contributed by atoms with Crippen LogP contribution in [0.15, 0.2) is 42.6 Å². The SMILES string of the molecule is Nc1cc(CN2CCCN(C(=O)c3cccc(Cl)c3)CC2)ccn1. The summed E-state index contributed by atoms with van der Waals surface area (Å²) < 4.78 is 0. The number of anilines is 1. The minimum Gasteiger partial charge on any atom is -0.384 e. The van der Waals surface area contributed by atoms with Crippen molar-refractivity contribution >= 4 is 23.3 Å². The zero-order valence-corrected chi connectivity index (χ0v) is 14.2. The lowest BCUT2D eigenvalue weighted by molar-refractivity contribution is 0.0761. The number of amides is 1. The summed E-state index contributed by atoms with van der Waals surface area (Å²) in [4.78, 5) is 20.9. The Labute approximate surface area is 147 Å². The maximum Gasteiger partial charge on any atom is 0.253 e. The van der Waals surface area contributed by atoms with Crippen molar-refractivity contribution < 1.29 is 4.79 Å². The molecule has 1 fully saturated rings. The second-order valence-corrected chi connectivity index (χ2v) is 6.46. The first kappa shape index (κ1) is 16.7. The summed E-state index contributed by atoms with van der Waals surface area (Å²) in [5.74, 6) is 0.590. The van der Waals surface area contributed by atoms with E-state index in [1.54, 1.807) is 18.3 Å². The highest BCUT2D eigenvalue weighted by Crippen LogP contribution is 2.15. The van der Waals surface area contributed by atoms with E-state index in [1.807, 2.05) is 29.2 Å². The van der Waals surface area contributed by atoms with Gasteiger partial charge in [-0.15, -0.1) is 0 Å². The first-order chi connectivity index (χ1) is 11.6. The van der Waals surface area contributed by atoms with Crippen LogP contribution >= 0.6 is 11.6 Å². The van der Waals surface area contributed by atoms with E-state index in [9.17, 15) is 4.79 Å². The van der Waals surface area contributed by atoms with Gasteiger partial charge in [-0.1, -0.05) is 17.7 Å². The number of hydrogen-bond donors (Lipinski definition) is 1. The van der Waals surface area contributed by atoms with Crippen LogP contribution in [0.3, 0.4) is 0 Å². The van der Waals surface area contributed by atoms with E-state index in [0.29, 0.717) is 22.9 Å². The molecule has 2 N–H and O–H groups in total. The number of aromatic nitrogens is 1. The van der Waals surface area contributed by atoms with Crippen LogP contribution in [0.2, 0.25) is 5.02 Å². The van der Waals surface area contributed by atoms with Gasteiger partial charge in [-0.25, -0.2) is 4.98 Å². The van der Waals surface area contributed by atoms with Crippen LogP contribution in [0.4, 0.5) is 5.82 Å². The Morgan fingerprint density at radius 3 is 2.83 bits per heavy atom. The smallest absolute Gasteiger partial charge is 0.253 e. The minimum atomic E-state index is 0.0486. The topological polar surface area (TPSA) is 62.5 Å². The Bertz CT molecular complexity index is 722. The molecule has 0 aliphatic carbocycles. The summed E-state index contributed by atoms with van der Waals surface area (Å²) in [6.45, 7) is 4.11. The van der Waals surface area contributed by atoms with Crippen molar-refractivity contribution in [3.8, 4) is 0 Å². The van der Waals surface area contributed by atoms with Crippen molar-refractivity contribution in [3.63, 3.8) is 0 Å². The van der Waals surface area contributed by atoms with Gasteiger partial charge in [0.05, 0.1) is 0 Å². The number of hydrogen-bond acceptors (Lipinski definition) is 4. The molecule has 0 saturated carbocycles. The summed E-state index contributed by atoms with van der Waals surface area (Å²) >= 11 is 5.99. The van der Waals surface area contributed by atoms with E-state index in [4.69, 9.17) is 17.3 Å². The second-order valence-electron chi connectivity index (χ2n) is 6.02. The van der Waals surface area contributed by atoms with Crippen LogP contribution < -0.4 is 5.73 Å². The molecule has 0 atom stereocenters. The molecule has 1 aliphatic heterocycles. The number of benzene rings is 1. The lowest BCUT2D eigenvalue weighted by Crippen LogP contribution is -2.35. The van der Waals surface area contributed by atoms with Crippen molar-refractivity contribution in [2.45, 2.75) is 13.0 Å². The third-order valence-corrected chi connectivity index (χ3v) is 4.43. The molecule has 1 amide bonds. The highest BCUT2D eigenvalue weighted by atomic mass is 35.5. The normalized spacial score (nSPS) is 16.0. The Hall–Kier alpha value is -2.11. The summed E-state index contributed by atoms with van der Waals surface area (Å²) in [7, 11) is 0. The zero-order chi connectivity index (χ0) is 16.9. The monoisotopic (exact) mass is 344 g/mol. The molecule has 2 heterocycles. The van der Waals surface area contributed by atoms with Crippen LogP contribution in [0, 0.1) is 0 Å². The van der Waals surface area contributed by atoms with Gasteiger partial charge in [-0.3, -0.25) is 9.69 Å². The van der Waals surface area contributed by atoms with E-state index < -0.39 is 0 Å². The number of halogens is 1. The largest absolute Gasteiger partial charge is 0.384 e. The summed E-state index contributed by atoms with van der Waals surface area (Å²) in [6, 6.07) is 11.0. The van der Waals surface area contributed by atoms with Crippen LogP contribution in [0.5, 0.6) is 0 Å². The third kappa shape index (κ3) is 4.24. The minimum absolute atomic E-state index is 0.0486. The Morgan fingerprint density at radius 2 is 2.04 bits per heavy atom. The summed E-state index contributed by atoms with van der Waals surface area (Å²) in [5.41, 5.74) is 7.54. The molecule has 0 unspecified atom stereocenters. The van der Waals surface area contributed by atoms with Crippen molar-refractivity contribution in [2.75, 3.05) is 31.9 Å². The Morgan fingerprint density at radius 1 is 1.17 bits per heavy atom. The van der Waals surface area contributed by atoms with Gasteiger partial charge in [0.2, 0.25) is 0 Å². The average molecular weight is 345 g/mol. The fraction of sp³-hybridized carbons (Fsp3) is 0.333. The van der Waals surface area contributed by atoms with Gasteiger partial charge >= 0.3 is 0 Å². The molecule has 0 radical (unpaired) electrons. The highest BCUT2D eigenvalue weighted by Gasteiger charge is 2.20. The lowest BCUT2D eigenvalue weighted by Gasteiger charge is -2.22. The van der Waals surface area contributed by atoms with Crippen LogP contribution in [-0.2, 0) is 6.54 Å². The molecule has 24 heavy (non-hydrogen) atoms. The maximum absolute atomic E-state index is 12.6. The van der Waals surface area contributed by atoms with E-state index in [2.05, 4.69) is 9.88 Å². The predicted molar refractivity (Wildman–Crippen MR) is 95.9 cm³/mol. The van der Waals surface area contributed by atoms with Crippen LogP contribution in [0.25, 0.3) is 0 Å². The average Bonchev–Trinajstić information content (AvgIpc) is 2.80. The molecule has 1 saturated heterocycles. The van der Waals surface area contributed by atoms with Gasteiger partial charge in [0.25, 0.3) is 5.91 Å². The highest BCUT2D eigenvalue weighted by molar-refractivity contribution is 6.30. The molecular formula is C18H21ClN4O. The number of nitrogens with two attached hydrogens (primary N) is 1. The first-order valence-electron chi connectivity index (χ1n) is 8.09. The van der Waals surface area contributed by atoms with Crippen molar-refractivity contribution in [3.05, 3.63) is 58.7 Å². The maximum atomic E-state index is 12.6. The quantitative estimate of drug-likeness (QED) is 0.929. The van der Waals surface area contributed by atoms with Crippen LogP contribution in [-0.4, -0.2) is 46.9 Å². The van der Waals surface area contributed by atoms with Gasteiger partial charge < -0.3 is 10.6 Å². The van der Waals surface area contributed by atoms with Gasteiger partial charge in [0.1, 0.15) is 5.82 Å². The molecule has 1 aromatic heterocycles. The number of carbonyl (C=O) groups excluding carboxylic acids is 1. The van der Waals surface area contributed by atoms with E-state index in [0.717, 1.165) is 38.2 Å². The molecule has 6 heteroatoms. The van der Waals surface area contributed by atoms with Gasteiger partial charge in [-0.05, 0) is 42.3 Å². The summed E-state index contributed by atoms with van der Waals surface area (Å²) in [5, 5.41) is 0.590.